The first-order valence-electron chi connectivity index (χ1n) is 9.39. The van der Waals surface area contributed by atoms with Crippen LogP contribution in [-0.4, -0.2) is 55.7 Å². The predicted octanol–water partition coefficient (Wildman–Crippen LogP) is 2.05. The summed E-state index contributed by atoms with van der Waals surface area (Å²) in [5, 5.41) is 3.06. The van der Waals surface area contributed by atoms with E-state index in [1.54, 1.807) is 17.0 Å². The summed E-state index contributed by atoms with van der Waals surface area (Å²) >= 11 is 0. The van der Waals surface area contributed by atoms with Crippen molar-refractivity contribution in [2.45, 2.75) is 50.1 Å². The molecule has 1 aromatic rings. The van der Waals surface area contributed by atoms with Crippen LogP contribution in [0.15, 0.2) is 18.2 Å². The molecule has 1 N–H and O–H groups in total. The van der Waals surface area contributed by atoms with Crippen LogP contribution in [0.1, 0.15) is 37.7 Å². The van der Waals surface area contributed by atoms with Gasteiger partial charge in [-0.25, -0.2) is 4.39 Å². The zero-order valence-electron chi connectivity index (χ0n) is 15.9. The second-order valence-corrected chi connectivity index (χ2v) is 7.50. The summed E-state index contributed by atoms with van der Waals surface area (Å²) in [5.74, 6) is -0.179. The van der Waals surface area contributed by atoms with E-state index in [0.29, 0.717) is 45.3 Å². The van der Waals surface area contributed by atoms with Gasteiger partial charge in [0.25, 0.3) is 0 Å². The number of carbonyl (C=O) groups excluding carboxylic acids is 2. The van der Waals surface area contributed by atoms with Crippen molar-refractivity contribution in [1.29, 1.82) is 0 Å². The number of halogens is 1. The highest BCUT2D eigenvalue weighted by molar-refractivity contribution is 5.80. The molecular weight excluding hydrogens is 351 g/mol. The fourth-order valence-corrected chi connectivity index (χ4v) is 3.94. The van der Waals surface area contributed by atoms with Gasteiger partial charge in [-0.05, 0) is 43.4 Å². The highest BCUT2D eigenvalue weighted by atomic mass is 19.1. The van der Waals surface area contributed by atoms with E-state index in [0.717, 1.165) is 12.0 Å². The van der Waals surface area contributed by atoms with E-state index in [9.17, 15) is 14.0 Å². The van der Waals surface area contributed by atoms with E-state index >= 15 is 0 Å². The molecule has 0 bridgehead atoms. The molecular formula is C20H27FN2O4. The van der Waals surface area contributed by atoms with Crippen LogP contribution < -0.4 is 10.1 Å². The minimum absolute atomic E-state index is 0.00549. The molecule has 0 saturated carbocycles. The van der Waals surface area contributed by atoms with Crippen LogP contribution >= 0.6 is 0 Å². The standard InChI is InChI=1S/C20H27FN2O4/c1-23(15-7-10-27-13-15)19(25)6-9-20(8-5-18(24)22-20)12-14-3-4-16(21)17(11-14)26-2/h3-4,11,15H,5-10,12-13H2,1-2H3,(H,22,24)/t15-,20-/m0/s1. The van der Waals surface area contributed by atoms with Crippen LogP contribution in [0, 0.1) is 5.82 Å². The molecule has 7 heteroatoms. The summed E-state index contributed by atoms with van der Waals surface area (Å²) in [4.78, 5) is 26.3. The van der Waals surface area contributed by atoms with Crippen LogP contribution in [0.5, 0.6) is 5.75 Å². The Labute approximate surface area is 159 Å². The smallest absolute Gasteiger partial charge is 0.222 e. The van der Waals surface area contributed by atoms with Crippen molar-refractivity contribution in [3.63, 3.8) is 0 Å². The number of ether oxygens (including phenoxy) is 2. The molecule has 2 atom stereocenters. The number of hydrogen-bond acceptors (Lipinski definition) is 4. The van der Waals surface area contributed by atoms with E-state index < -0.39 is 11.4 Å². The Kier molecular flexibility index (Phi) is 5.99. The first-order chi connectivity index (χ1) is 12.9. The molecule has 2 aliphatic heterocycles. The minimum Gasteiger partial charge on any atom is -0.494 e. The lowest BCUT2D eigenvalue weighted by molar-refractivity contribution is -0.132. The molecule has 27 heavy (non-hydrogen) atoms. The van der Waals surface area contributed by atoms with Crippen molar-refractivity contribution in [3.05, 3.63) is 29.6 Å². The largest absolute Gasteiger partial charge is 0.494 e. The predicted molar refractivity (Wildman–Crippen MR) is 98.0 cm³/mol. The van der Waals surface area contributed by atoms with Gasteiger partial charge in [-0.1, -0.05) is 6.07 Å². The van der Waals surface area contributed by atoms with Crippen molar-refractivity contribution in [1.82, 2.24) is 10.2 Å². The zero-order valence-corrected chi connectivity index (χ0v) is 15.9. The summed E-state index contributed by atoms with van der Waals surface area (Å²) in [7, 11) is 3.24. The number of carbonyl (C=O) groups is 2. The maximum atomic E-state index is 13.7. The third kappa shape index (κ3) is 4.58. The monoisotopic (exact) mass is 378 g/mol. The van der Waals surface area contributed by atoms with Gasteiger partial charge in [0.2, 0.25) is 11.8 Å². The zero-order chi connectivity index (χ0) is 19.4. The molecule has 0 radical (unpaired) electrons. The molecule has 0 unspecified atom stereocenters. The molecule has 1 aromatic carbocycles. The van der Waals surface area contributed by atoms with Gasteiger partial charge in [-0.2, -0.15) is 0 Å². The van der Waals surface area contributed by atoms with Crippen LogP contribution in [-0.2, 0) is 20.7 Å². The van der Waals surface area contributed by atoms with Crippen molar-refractivity contribution in [3.8, 4) is 5.75 Å². The lowest BCUT2D eigenvalue weighted by Gasteiger charge is -2.31. The molecule has 0 aromatic heterocycles. The number of benzene rings is 1. The summed E-state index contributed by atoms with van der Waals surface area (Å²) in [6.45, 7) is 1.27. The first-order valence-corrected chi connectivity index (χ1v) is 9.39. The van der Waals surface area contributed by atoms with Crippen LogP contribution in [0.25, 0.3) is 0 Å². The number of rotatable bonds is 7. The Morgan fingerprint density at radius 1 is 1.48 bits per heavy atom. The number of amides is 2. The Balaban J connectivity index is 1.67. The Hall–Kier alpha value is -2.15. The van der Waals surface area contributed by atoms with Crippen molar-refractivity contribution in [2.24, 2.45) is 0 Å². The third-order valence-electron chi connectivity index (χ3n) is 5.66. The quantitative estimate of drug-likeness (QED) is 0.789. The fourth-order valence-electron chi connectivity index (χ4n) is 3.94. The lowest BCUT2D eigenvalue weighted by atomic mass is 9.84. The molecule has 2 fully saturated rings. The van der Waals surface area contributed by atoms with Gasteiger partial charge in [0.05, 0.1) is 19.8 Å². The minimum atomic E-state index is -0.484. The average Bonchev–Trinajstić information content (AvgIpc) is 3.31. The van der Waals surface area contributed by atoms with E-state index in [-0.39, 0.29) is 23.6 Å². The van der Waals surface area contributed by atoms with Gasteiger partial charge in [-0.15, -0.1) is 0 Å². The molecule has 148 valence electrons. The Morgan fingerprint density at radius 3 is 2.93 bits per heavy atom. The summed E-state index contributed by atoms with van der Waals surface area (Å²) in [6.07, 6.45) is 3.41. The molecule has 0 aliphatic carbocycles. The summed E-state index contributed by atoms with van der Waals surface area (Å²) in [6, 6.07) is 4.87. The highest BCUT2D eigenvalue weighted by Crippen LogP contribution is 2.31. The molecule has 2 amide bonds. The first kappa shape index (κ1) is 19.6. The molecule has 2 saturated heterocycles. The van der Waals surface area contributed by atoms with E-state index in [1.165, 1.54) is 13.2 Å². The molecule has 2 aliphatic rings. The number of methoxy groups -OCH3 is 1. The van der Waals surface area contributed by atoms with Crippen LogP contribution in [0.2, 0.25) is 0 Å². The van der Waals surface area contributed by atoms with Gasteiger partial charge >= 0.3 is 0 Å². The van der Waals surface area contributed by atoms with Crippen molar-refractivity contribution in [2.75, 3.05) is 27.4 Å². The van der Waals surface area contributed by atoms with E-state index in [1.807, 2.05) is 7.05 Å². The topological polar surface area (TPSA) is 67.9 Å². The average molecular weight is 378 g/mol. The van der Waals surface area contributed by atoms with Gasteiger partial charge < -0.3 is 19.7 Å². The van der Waals surface area contributed by atoms with E-state index in [2.05, 4.69) is 5.32 Å². The summed E-state index contributed by atoms with van der Waals surface area (Å²) < 4.78 is 24.1. The normalized spacial score (nSPS) is 24.7. The Morgan fingerprint density at radius 2 is 2.30 bits per heavy atom. The second-order valence-electron chi connectivity index (χ2n) is 7.50. The molecule has 2 heterocycles. The Bertz CT molecular complexity index is 705. The van der Waals surface area contributed by atoms with Crippen LogP contribution in [0.3, 0.4) is 0 Å². The molecule has 6 nitrogen and oxygen atoms in total. The summed E-state index contributed by atoms with van der Waals surface area (Å²) in [5.41, 5.74) is 0.392. The van der Waals surface area contributed by atoms with Gasteiger partial charge in [0.1, 0.15) is 0 Å². The second kappa shape index (κ2) is 8.25. The highest BCUT2D eigenvalue weighted by Gasteiger charge is 2.38. The number of nitrogens with one attached hydrogen (secondary N) is 1. The molecule has 0 spiro atoms. The SMILES string of the molecule is COc1cc(C[C@@]2(CCC(=O)N(C)[C@H]3CCOC3)CCC(=O)N2)ccc1F. The number of nitrogens with zero attached hydrogens (tertiary/aromatic N) is 1. The van der Waals surface area contributed by atoms with Gasteiger partial charge in [0.15, 0.2) is 11.6 Å². The van der Waals surface area contributed by atoms with Gasteiger partial charge in [0, 0.05) is 32.0 Å². The van der Waals surface area contributed by atoms with E-state index in [4.69, 9.17) is 9.47 Å². The third-order valence-corrected chi connectivity index (χ3v) is 5.66. The van der Waals surface area contributed by atoms with Crippen molar-refractivity contribution >= 4 is 11.8 Å². The number of likely N-dealkylation sites (N-methyl/N-ethyl adjacent to an activating group) is 1. The van der Waals surface area contributed by atoms with Gasteiger partial charge in [-0.3, -0.25) is 9.59 Å². The fraction of sp³-hybridized carbons (Fsp3) is 0.600. The molecule has 3 rings (SSSR count). The number of hydrogen-bond donors (Lipinski definition) is 1. The van der Waals surface area contributed by atoms with Crippen molar-refractivity contribution < 1.29 is 23.5 Å². The maximum absolute atomic E-state index is 13.7. The van der Waals surface area contributed by atoms with Crippen LogP contribution in [0.4, 0.5) is 4.39 Å². The maximum Gasteiger partial charge on any atom is 0.222 e. The lowest BCUT2D eigenvalue weighted by Crippen LogP contribution is -2.45.